The van der Waals surface area contributed by atoms with Gasteiger partial charge in [-0.25, -0.2) is 9.13 Å². The molecule has 4 aliphatic carbocycles. The van der Waals surface area contributed by atoms with Crippen LogP contribution in [0.5, 0.6) is 0 Å². The number of Topliss-reactive ketones (excluding diaryl/α,β-unsaturated/α-hetero) is 1. The molecule has 0 aromatic rings. The van der Waals surface area contributed by atoms with Crippen LogP contribution in [0.15, 0.2) is 0 Å². The van der Waals surface area contributed by atoms with Crippen molar-refractivity contribution in [3.05, 3.63) is 0 Å². The van der Waals surface area contributed by atoms with E-state index in [0.717, 1.165) is 25.7 Å². The number of carbonyl (C=O) groups is 1. The fourth-order valence-corrected chi connectivity index (χ4v) is 16.3. The molecule has 0 aliphatic heterocycles. The van der Waals surface area contributed by atoms with Crippen LogP contribution in [0.1, 0.15) is 192 Å². The molecule has 27 unspecified atom stereocenters. The van der Waals surface area contributed by atoms with Crippen LogP contribution in [0, 0.1) is 118 Å². The summed E-state index contributed by atoms with van der Waals surface area (Å²) in [4.78, 5) is 32.2. The number of phosphoric acid groups is 2. The monoisotopic (exact) mass is 1280 g/mol. The highest BCUT2D eigenvalue weighted by molar-refractivity contribution is 7.53. The van der Waals surface area contributed by atoms with Crippen molar-refractivity contribution in [2.45, 2.75) is 235 Å². The second-order valence-electron chi connectivity index (χ2n) is 27.5. The summed E-state index contributed by atoms with van der Waals surface area (Å²) in [5, 5.41) is 31.2. The highest BCUT2D eigenvalue weighted by atomic mass is 31.2. The third-order valence-corrected chi connectivity index (χ3v) is 25.9. The maximum absolute atomic E-state index is 12.5. The van der Waals surface area contributed by atoms with Gasteiger partial charge in [0, 0.05) is 19.2 Å². The first-order valence-electron chi connectivity index (χ1n) is 32.1. The van der Waals surface area contributed by atoms with Crippen molar-refractivity contribution in [3.63, 3.8) is 0 Å². The van der Waals surface area contributed by atoms with Gasteiger partial charge in [-0.2, -0.15) is 0 Å². The number of carbonyl (C=O) groups excluding carboxylic acids is 1. The normalized spacial score (nSPS) is 40.7. The predicted molar refractivity (Wildman–Crippen MR) is 337 cm³/mol. The van der Waals surface area contributed by atoms with Gasteiger partial charge >= 0.3 is 30.8 Å². The first kappa shape index (κ1) is 82.1. The Kier molecular flexibility index (Phi) is 35.5. The fraction of sp³-hybridized carbons (Fsp3) is 0.984. The fourth-order valence-electron chi connectivity index (χ4n) is 11.4. The van der Waals surface area contributed by atoms with E-state index in [4.69, 9.17) is 36.2 Å². The Bertz CT molecular complexity index is 1890. The number of rotatable bonds is 24. The number of hydrogen-bond acceptors (Lipinski definition) is 16. The first-order valence-corrected chi connectivity index (χ1v) is 39.1. The Morgan fingerprint density at radius 1 is 0.357 bits per heavy atom. The molecule has 31 atom stereocenters. The van der Waals surface area contributed by atoms with E-state index >= 15 is 0 Å². The second-order valence-corrected chi connectivity index (χ2v) is 34.3. The molecule has 0 saturated heterocycles. The Balaban J connectivity index is 0.000000560. The molecule has 84 heavy (non-hydrogen) atoms. The van der Waals surface area contributed by atoms with Crippen molar-refractivity contribution in [3.8, 4) is 0 Å². The highest BCUT2D eigenvalue weighted by Crippen LogP contribution is 2.55. The lowest BCUT2D eigenvalue weighted by Gasteiger charge is -2.46. The molecule has 0 aromatic carbocycles. The molecule has 0 radical (unpaired) electrons. The van der Waals surface area contributed by atoms with Crippen LogP contribution in [-0.2, 0) is 59.2 Å². The first-order chi connectivity index (χ1) is 38.4. The van der Waals surface area contributed by atoms with Crippen molar-refractivity contribution < 1.29 is 84.4 Å². The molecular formula is C62H126O18P4. The maximum Gasteiger partial charge on any atom is 0.472 e. The molecule has 4 fully saturated rings. The molecule has 0 aromatic heterocycles. The molecule has 18 nitrogen and oxygen atoms in total. The van der Waals surface area contributed by atoms with Gasteiger partial charge in [0.25, 0.3) is 0 Å². The van der Waals surface area contributed by atoms with Crippen molar-refractivity contribution in [1.29, 1.82) is 0 Å². The smallest absolute Gasteiger partial charge is 0.390 e. The molecule has 4 saturated carbocycles. The van der Waals surface area contributed by atoms with Crippen LogP contribution in [0.4, 0.5) is 0 Å². The Morgan fingerprint density at radius 3 is 0.881 bits per heavy atom. The lowest BCUT2D eigenvalue weighted by atomic mass is 9.66. The summed E-state index contributed by atoms with van der Waals surface area (Å²) in [5.41, 5.74) is 0. The van der Waals surface area contributed by atoms with E-state index < -0.39 is 73.6 Å². The van der Waals surface area contributed by atoms with Gasteiger partial charge in [0.2, 0.25) is 0 Å². The van der Waals surface area contributed by atoms with Crippen LogP contribution in [0.25, 0.3) is 0 Å². The van der Waals surface area contributed by atoms with E-state index in [0.29, 0.717) is 72.4 Å². The second kappa shape index (κ2) is 36.3. The Labute approximate surface area is 511 Å². The molecule has 0 spiro atoms. The summed E-state index contributed by atoms with van der Waals surface area (Å²) in [7, 11) is -14.6. The minimum absolute atomic E-state index is 0.00104. The van der Waals surface area contributed by atoms with Gasteiger partial charge in [-0.1, -0.05) is 192 Å². The van der Waals surface area contributed by atoms with Gasteiger partial charge in [0.1, 0.15) is 6.10 Å². The standard InChI is InChI=1S/C16H33O4P.C16H31O4P.2C15H31O5P/c2*1-8-10(2)9-19-21(7,18)20-16-14(6)12(4)11(3)13(5)15(16)17;2*1-7-9(2)8-19-21(17,18)20-15-13(6)11(4)10(3)12(5)14(15)16/h10-17H,8-9H2,1-7H3;10-14,16H,8-9H2,1-7H3;2*9-16H,7-8H2,1-6H3,(H,17,18)/t10-,11?,12?,13?,14?,15?,16?,21?;10-,11?,12?,13?,14?,16?,21?;2*9-,10?,11?,12?,13?,14?,15?/m1111/s1. The summed E-state index contributed by atoms with van der Waals surface area (Å²) in [6, 6.07) is 0. The summed E-state index contributed by atoms with van der Waals surface area (Å²) in [6.07, 6.45) is -0.777. The molecular weight excluding hydrogens is 1160 g/mol. The third kappa shape index (κ3) is 24.6. The van der Waals surface area contributed by atoms with E-state index in [2.05, 4.69) is 83.1 Å². The largest absolute Gasteiger partial charge is 0.472 e. The number of ketones is 1. The van der Waals surface area contributed by atoms with E-state index in [1.54, 1.807) is 0 Å². The van der Waals surface area contributed by atoms with Crippen molar-refractivity contribution in [2.24, 2.45) is 118 Å². The van der Waals surface area contributed by atoms with Crippen LogP contribution in [0.2, 0.25) is 0 Å². The topological polar surface area (TPSA) is 260 Å². The highest BCUT2D eigenvalue weighted by Gasteiger charge is 2.50. The zero-order valence-corrected chi connectivity index (χ0v) is 60.7. The molecule has 4 aliphatic rings. The number of hydrogen-bond donors (Lipinski definition) is 5. The van der Waals surface area contributed by atoms with E-state index in [1.807, 2.05) is 83.1 Å². The third-order valence-electron chi connectivity index (χ3n) is 21.4. The SMILES string of the molecule is CC[C@@H](C)COP(=O)(O)OC1C(C)C(C)C(C)C(C)C1O.CC[C@@H](C)COP(=O)(O)OC1C(C)C(C)C(C)C(C)C1O.CC[C@@H](C)COP(C)(=O)OC1C(=O)C(C)C(C)C(C)C1C.CC[C@@H](C)COP(C)(=O)OC1C(C)C(C)C(C)C(C)C1O. The molecule has 5 N–H and O–H groups in total. The minimum Gasteiger partial charge on any atom is -0.390 e. The minimum atomic E-state index is -4.14. The average molecular weight is 1280 g/mol. The Hall–Kier alpha value is 0.0700. The zero-order valence-electron chi connectivity index (χ0n) is 57.1. The van der Waals surface area contributed by atoms with Crippen LogP contribution >= 0.6 is 30.8 Å². The van der Waals surface area contributed by atoms with Gasteiger partial charge in [0.15, 0.2) is 5.78 Å². The van der Waals surface area contributed by atoms with E-state index in [9.17, 15) is 48.2 Å². The van der Waals surface area contributed by atoms with Crippen LogP contribution in [-0.4, -0.2) is 113 Å². The summed E-state index contributed by atoms with van der Waals surface area (Å²) in [5.74, 6) is 4.30. The lowest BCUT2D eigenvalue weighted by molar-refractivity contribution is -0.141. The van der Waals surface area contributed by atoms with Gasteiger partial charge < -0.3 is 38.7 Å². The van der Waals surface area contributed by atoms with E-state index in [1.165, 1.54) is 13.3 Å². The molecule has 22 heteroatoms. The van der Waals surface area contributed by atoms with Crippen molar-refractivity contribution in [2.75, 3.05) is 39.8 Å². The van der Waals surface area contributed by atoms with E-state index in [-0.39, 0.29) is 78.2 Å². The number of aliphatic hydroxyl groups is 3. The number of phosphoric ester groups is 2. The van der Waals surface area contributed by atoms with Crippen molar-refractivity contribution in [1.82, 2.24) is 0 Å². The Morgan fingerprint density at radius 2 is 0.595 bits per heavy atom. The van der Waals surface area contributed by atoms with Gasteiger partial charge in [-0.15, -0.1) is 0 Å². The average Bonchev–Trinajstić information content (AvgIpc) is 1.69. The maximum atomic E-state index is 12.5. The van der Waals surface area contributed by atoms with Gasteiger partial charge in [-0.3, -0.25) is 36.5 Å². The van der Waals surface area contributed by atoms with Crippen LogP contribution < -0.4 is 0 Å². The van der Waals surface area contributed by atoms with Crippen LogP contribution in [0.3, 0.4) is 0 Å². The summed E-state index contributed by atoms with van der Waals surface area (Å²) < 4.78 is 92.4. The van der Waals surface area contributed by atoms with Gasteiger partial charge in [-0.05, 0) is 112 Å². The molecule has 0 amide bonds. The summed E-state index contributed by atoms with van der Waals surface area (Å²) >= 11 is 0. The molecule has 4 rings (SSSR count). The van der Waals surface area contributed by atoms with Crippen molar-refractivity contribution >= 4 is 36.6 Å². The zero-order chi connectivity index (χ0) is 65.5. The molecule has 0 bridgehead atoms. The van der Waals surface area contributed by atoms with Gasteiger partial charge in [0.05, 0.1) is 63.1 Å². The number of aliphatic hydroxyl groups excluding tert-OH is 3. The lowest BCUT2D eigenvalue weighted by Crippen LogP contribution is -2.50. The summed E-state index contributed by atoms with van der Waals surface area (Å²) in [6.45, 7) is 53.1. The molecule has 502 valence electrons. The quantitative estimate of drug-likeness (QED) is 0.0563. The predicted octanol–water partition coefficient (Wildman–Crippen LogP) is 15.5. The molecule has 0 heterocycles.